The van der Waals surface area contributed by atoms with Crippen molar-refractivity contribution in [1.82, 2.24) is 0 Å². The Bertz CT molecular complexity index is 1360. The van der Waals surface area contributed by atoms with Crippen molar-refractivity contribution in [2.75, 3.05) is 18.6 Å². The lowest BCUT2D eigenvalue weighted by Crippen LogP contribution is -2.30. The van der Waals surface area contributed by atoms with E-state index < -0.39 is 29.4 Å². The molecule has 1 atom stereocenters. The van der Waals surface area contributed by atoms with E-state index in [0.29, 0.717) is 29.8 Å². The third-order valence-electron chi connectivity index (χ3n) is 6.49. The standard InChI is InChI=1S/C30H32FNO5/c1-17-10-12-19(13-11-17)25-20-14-15-32(28(33)21-8-7-9-23(36-6)26(21)31)22(20)16-18(2)24(25)27(29(34)35)37-30(3,4)5/h7-13,16,27H,14-15H2,1-6H3,(H,34,35). The number of carbonyl (C=O) groups excluding carboxylic acids is 1. The van der Waals surface area contributed by atoms with Gasteiger partial charge in [0, 0.05) is 17.8 Å². The van der Waals surface area contributed by atoms with Gasteiger partial charge in [0.1, 0.15) is 0 Å². The van der Waals surface area contributed by atoms with Gasteiger partial charge in [-0.25, -0.2) is 9.18 Å². The maximum Gasteiger partial charge on any atom is 0.337 e. The molecule has 1 aliphatic rings. The predicted octanol–water partition coefficient (Wildman–Crippen LogP) is 6.26. The molecule has 3 aromatic rings. The Morgan fingerprint density at radius 3 is 2.35 bits per heavy atom. The van der Waals surface area contributed by atoms with Crippen molar-refractivity contribution in [3.8, 4) is 16.9 Å². The first-order valence-corrected chi connectivity index (χ1v) is 12.2. The Labute approximate surface area is 216 Å². The molecule has 1 heterocycles. The van der Waals surface area contributed by atoms with Crippen LogP contribution in [0.25, 0.3) is 11.1 Å². The first-order chi connectivity index (χ1) is 17.4. The fourth-order valence-corrected chi connectivity index (χ4v) is 4.86. The third kappa shape index (κ3) is 5.09. The highest BCUT2D eigenvalue weighted by Gasteiger charge is 2.36. The van der Waals surface area contributed by atoms with E-state index in [1.165, 1.54) is 19.2 Å². The lowest BCUT2D eigenvalue weighted by molar-refractivity contribution is -0.160. The van der Waals surface area contributed by atoms with Crippen LogP contribution in [0.2, 0.25) is 0 Å². The molecule has 0 bridgehead atoms. The molecule has 0 radical (unpaired) electrons. The molecule has 37 heavy (non-hydrogen) atoms. The monoisotopic (exact) mass is 505 g/mol. The van der Waals surface area contributed by atoms with E-state index in [9.17, 15) is 19.1 Å². The van der Waals surface area contributed by atoms with Crippen molar-refractivity contribution < 1.29 is 28.6 Å². The zero-order valence-electron chi connectivity index (χ0n) is 22.0. The van der Waals surface area contributed by atoms with Crippen molar-refractivity contribution in [2.24, 2.45) is 0 Å². The van der Waals surface area contributed by atoms with Crippen LogP contribution in [0, 0.1) is 19.7 Å². The molecule has 0 saturated heterocycles. The fraction of sp³-hybridized carbons (Fsp3) is 0.333. The van der Waals surface area contributed by atoms with Gasteiger partial charge in [-0.15, -0.1) is 0 Å². The van der Waals surface area contributed by atoms with Gasteiger partial charge in [-0.3, -0.25) is 4.79 Å². The van der Waals surface area contributed by atoms with Gasteiger partial charge < -0.3 is 19.5 Å². The Morgan fingerprint density at radius 2 is 1.76 bits per heavy atom. The number of nitrogens with zero attached hydrogens (tertiary/aromatic N) is 1. The second-order valence-electron chi connectivity index (χ2n) is 10.3. The summed E-state index contributed by atoms with van der Waals surface area (Å²) in [5.74, 6) is -2.27. The zero-order valence-corrected chi connectivity index (χ0v) is 22.0. The molecule has 7 heteroatoms. The summed E-state index contributed by atoms with van der Waals surface area (Å²) in [5, 5.41) is 10.2. The first-order valence-electron chi connectivity index (χ1n) is 12.2. The van der Waals surface area contributed by atoms with Crippen LogP contribution in [-0.4, -0.2) is 36.2 Å². The smallest absolute Gasteiger partial charge is 0.337 e. The number of methoxy groups -OCH3 is 1. The number of aliphatic carboxylic acids is 1. The van der Waals surface area contributed by atoms with Crippen LogP contribution < -0.4 is 9.64 Å². The van der Waals surface area contributed by atoms with Crippen LogP contribution in [0.4, 0.5) is 10.1 Å². The maximum atomic E-state index is 15.0. The quantitative estimate of drug-likeness (QED) is 0.428. The highest BCUT2D eigenvalue weighted by Crippen LogP contribution is 2.45. The van der Waals surface area contributed by atoms with Crippen molar-refractivity contribution in [3.63, 3.8) is 0 Å². The number of fused-ring (bicyclic) bond motifs is 1. The van der Waals surface area contributed by atoms with Crippen LogP contribution in [0.5, 0.6) is 5.75 Å². The summed E-state index contributed by atoms with van der Waals surface area (Å²) in [6, 6.07) is 14.2. The van der Waals surface area contributed by atoms with Crippen LogP contribution >= 0.6 is 0 Å². The summed E-state index contributed by atoms with van der Waals surface area (Å²) >= 11 is 0. The summed E-state index contributed by atoms with van der Waals surface area (Å²) in [4.78, 5) is 27.6. The summed E-state index contributed by atoms with van der Waals surface area (Å²) in [7, 11) is 1.36. The number of ether oxygens (including phenoxy) is 2. The molecule has 6 nitrogen and oxygen atoms in total. The number of hydrogen-bond acceptors (Lipinski definition) is 4. The molecule has 1 aliphatic heterocycles. The fourth-order valence-electron chi connectivity index (χ4n) is 4.86. The SMILES string of the molecule is COc1cccc(C(=O)N2CCc3c2cc(C)c(C(OC(C)(C)C)C(=O)O)c3-c2ccc(C)cc2)c1F. The molecule has 4 rings (SSSR count). The number of benzene rings is 3. The van der Waals surface area contributed by atoms with Crippen molar-refractivity contribution in [2.45, 2.75) is 52.7 Å². The van der Waals surface area contributed by atoms with E-state index in [1.807, 2.05) is 65.0 Å². The van der Waals surface area contributed by atoms with Gasteiger partial charge in [-0.2, -0.15) is 0 Å². The summed E-state index contributed by atoms with van der Waals surface area (Å²) in [6.07, 6.45) is -0.715. The number of halogens is 1. The van der Waals surface area contributed by atoms with Gasteiger partial charge >= 0.3 is 5.97 Å². The Morgan fingerprint density at radius 1 is 1.08 bits per heavy atom. The molecule has 1 amide bonds. The topological polar surface area (TPSA) is 76.1 Å². The average Bonchev–Trinajstić information content (AvgIpc) is 3.25. The Kier molecular flexibility index (Phi) is 7.11. The van der Waals surface area contributed by atoms with Gasteiger partial charge in [0.05, 0.1) is 18.3 Å². The molecule has 0 fully saturated rings. The van der Waals surface area contributed by atoms with E-state index in [2.05, 4.69) is 0 Å². The van der Waals surface area contributed by atoms with Gasteiger partial charge in [0.15, 0.2) is 17.7 Å². The average molecular weight is 506 g/mol. The normalized spacial score (nSPS) is 13.9. The Hall–Kier alpha value is -3.71. The highest BCUT2D eigenvalue weighted by molar-refractivity contribution is 6.08. The van der Waals surface area contributed by atoms with E-state index >= 15 is 0 Å². The predicted molar refractivity (Wildman–Crippen MR) is 141 cm³/mol. The molecule has 0 spiro atoms. The molecule has 0 aliphatic carbocycles. The number of aryl methyl sites for hydroxylation is 2. The molecule has 1 unspecified atom stereocenters. The number of hydrogen-bond donors (Lipinski definition) is 1. The van der Waals surface area contributed by atoms with Crippen molar-refractivity contribution >= 4 is 17.6 Å². The second kappa shape index (κ2) is 9.98. The molecular weight excluding hydrogens is 473 g/mol. The van der Waals surface area contributed by atoms with E-state index in [1.54, 1.807) is 11.0 Å². The largest absolute Gasteiger partial charge is 0.494 e. The van der Waals surface area contributed by atoms with Crippen LogP contribution in [0.1, 0.15) is 59.5 Å². The van der Waals surface area contributed by atoms with Crippen LogP contribution in [0.15, 0.2) is 48.5 Å². The second-order valence-corrected chi connectivity index (χ2v) is 10.3. The molecule has 3 aromatic carbocycles. The zero-order chi connectivity index (χ0) is 27.1. The maximum absolute atomic E-state index is 15.0. The lowest BCUT2D eigenvalue weighted by Gasteiger charge is -2.29. The van der Waals surface area contributed by atoms with Crippen molar-refractivity contribution in [1.29, 1.82) is 0 Å². The molecule has 0 saturated carbocycles. The number of carboxylic acid groups (broad SMARTS) is 1. The number of carboxylic acids is 1. The summed E-state index contributed by atoms with van der Waals surface area (Å²) in [5.41, 5.74) is 4.59. The van der Waals surface area contributed by atoms with Crippen molar-refractivity contribution in [3.05, 3.63) is 82.2 Å². The molecule has 194 valence electrons. The van der Waals surface area contributed by atoms with E-state index in [-0.39, 0.29) is 11.3 Å². The third-order valence-corrected chi connectivity index (χ3v) is 6.49. The Balaban J connectivity index is 1.93. The minimum atomic E-state index is -1.21. The minimum absolute atomic E-state index is 0.000715. The molecule has 0 aromatic heterocycles. The van der Waals surface area contributed by atoms with E-state index in [4.69, 9.17) is 9.47 Å². The van der Waals surface area contributed by atoms with Crippen LogP contribution in [0.3, 0.4) is 0 Å². The van der Waals surface area contributed by atoms with Gasteiger partial charge in [-0.05, 0) is 81.5 Å². The first kappa shape index (κ1) is 26.4. The molecule has 1 N–H and O–H groups in total. The number of anilines is 1. The van der Waals surface area contributed by atoms with Gasteiger partial charge in [0.25, 0.3) is 5.91 Å². The molecular formula is C30H32FNO5. The highest BCUT2D eigenvalue weighted by atomic mass is 19.1. The van der Waals surface area contributed by atoms with Gasteiger partial charge in [0.2, 0.25) is 0 Å². The minimum Gasteiger partial charge on any atom is -0.494 e. The summed E-state index contributed by atoms with van der Waals surface area (Å²) < 4.78 is 26.1. The van der Waals surface area contributed by atoms with E-state index in [0.717, 1.165) is 22.3 Å². The van der Waals surface area contributed by atoms with Crippen LogP contribution in [-0.2, 0) is 16.0 Å². The number of amides is 1. The number of carbonyl (C=O) groups is 2. The number of rotatable bonds is 6. The lowest BCUT2D eigenvalue weighted by atomic mass is 9.86. The summed E-state index contributed by atoms with van der Waals surface area (Å²) in [6.45, 7) is 9.60. The van der Waals surface area contributed by atoms with Gasteiger partial charge in [-0.1, -0.05) is 35.9 Å².